The smallest absolute Gasteiger partial charge is 0.0474 e. The van der Waals surface area contributed by atoms with E-state index in [1.54, 1.807) is 0 Å². The fraction of sp³-hybridized carbons (Fsp3) is 1.00. The summed E-state index contributed by atoms with van der Waals surface area (Å²) in [5, 5.41) is 0. The molecule has 0 rings (SSSR count). The third kappa shape index (κ3) is 182. The van der Waals surface area contributed by atoms with Crippen molar-refractivity contribution in [3.8, 4) is 0 Å². The molecule has 0 spiro atoms. The highest BCUT2D eigenvalue weighted by molar-refractivity contribution is 4.34. The Bertz CT molecular complexity index is 117. The molecular weight excluding hydrogens is 300 g/mol. The van der Waals surface area contributed by atoms with E-state index in [9.17, 15) is 0 Å². The van der Waals surface area contributed by atoms with Crippen molar-refractivity contribution in [1.82, 2.24) is 0 Å². The molecule has 0 saturated heterocycles. The van der Waals surface area contributed by atoms with Crippen molar-refractivity contribution in [2.75, 3.05) is 0 Å². The van der Waals surface area contributed by atoms with Crippen LogP contribution in [0.3, 0.4) is 0 Å². The molecule has 0 aliphatic rings. The van der Waals surface area contributed by atoms with Gasteiger partial charge in [0.2, 0.25) is 0 Å². The summed E-state index contributed by atoms with van der Waals surface area (Å²) in [5.74, 6) is 4.37. The topological polar surface area (TPSA) is 0 Å². The van der Waals surface area contributed by atoms with Gasteiger partial charge >= 0.3 is 0 Å². The van der Waals surface area contributed by atoms with E-state index < -0.39 is 0 Å². The number of hydrogen-bond acceptors (Lipinski definition) is 0. The van der Waals surface area contributed by atoms with Crippen LogP contribution in [0, 0.1) is 29.6 Å². The molecule has 0 heterocycles. The molecule has 0 aliphatic carbocycles. The van der Waals surface area contributed by atoms with Crippen LogP contribution in [-0.4, -0.2) is 0 Å². The predicted molar refractivity (Wildman–Crippen MR) is 128 cm³/mol. The Kier molecular flexibility index (Phi) is 56.1. The molecule has 0 amide bonds. The van der Waals surface area contributed by atoms with Crippen molar-refractivity contribution in [2.45, 2.75) is 137 Å². The van der Waals surface area contributed by atoms with Gasteiger partial charge in [-0.15, -0.1) is 0 Å². The second kappa shape index (κ2) is 35.2. The first-order valence-electron chi connectivity index (χ1n) is 10.8. The molecule has 0 saturated carbocycles. The van der Waals surface area contributed by atoms with Crippen LogP contribution in [0.5, 0.6) is 0 Å². The molecule has 0 N–H and O–H groups in total. The summed E-state index contributed by atoms with van der Waals surface area (Å²) in [7, 11) is 0. The van der Waals surface area contributed by atoms with Gasteiger partial charge < -0.3 is 0 Å². The van der Waals surface area contributed by atoms with Gasteiger partial charge in [0.15, 0.2) is 0 Å². The van der Waals surface area contributed by atoms with Gasteiger partial charge in [0.05, 0.1) is 0 Å². The van der Waals surface area contributed by atoms with E-state index in [1.807, 2.05) is 0 Å². The van der Waals surface area contributed by atoms with E-state index in [4.69, 9.17) is 0 Å². The highest BCUT2D eigenvalue weighted by Gasteiger charge is 1.81. The summed E-state index contributed by atoms with van der Waals surface area (Å²) >= 11 is 0. The zero-order valence-corrected chi connectivity index (χ0v) is 20.7. The van der Waals surface area contributed by atoms with Gasteiger partial charge in [0, 0.05) is 0 Å². The minimum absolute atomic E-state index is 0. The zero-order valence-electron chi connectivity index (χ0n) is 20.7. The summed E-state index contributed by atoms with van der Waals surface area (Å²) in [4.78, 5) is 0. The Labute approximate surface area is 167 Å². The van der Waals surface area contributed by atoms with Crippen LogP contribution in [-0.2, 0) is 0 Å². The highest BCUT2D eigenvalue weighted by Crippen LogP contribution is 1.95. The molecule has 0 heteroatoms. The molecule has 0 bridgehead atoms. The molecular formula is C25H62. The lowest BCUT2D eigenvalue weighted by atomic mass is 10.2. The fourth-order valence-electron chi connectivity index (χ4n) is 0. The molecule has 0 aromatic heterocycles. The monoisotopic (exact) mass is 362 g/mol. The normalized spacial score (nSPS) is 9.12. The van der Waals surface area contributed by atoms with Crippen molar-refractivity contribution < 1.29 is 0 Å². The second-order valence-electron chi connectivity index (χ2n) is 8.94. The van der Waals surface area contributed by atoms with Crippen molar-refractivity contribution in [3.63, 3.8) is 0 Å². The fourth-order valence-corrected chi connectivity index (χ4v) is 0. The van der Waals surface area contributed by atoms with E-state index >= 15 is 0 Å². The van der Waals surface area contributed by atoms with Crippen LogP contribution < -0.4 is 0 Å². The van der Waals surface area contributed by atoms with Crippen LogP contribution in [0.15, 0.2) is 0 Å². The average Bonchev–Trinajstić information content (AvgIpc) is 2.48. The van der Waals surface area contributed by atoms with Gasteiger partial charge in [-0.1, -0.05) is 137 Å². The van der Waals surface area contributed by atoms with E-state index in [0.717, 1.165) is 29.6 Å². The predicted octanol–water partition coefficient (Wildman–Crippen LogP) is 10.5. The first kappa shape index (κ1) is 39.9. The Balaban J connectivity index is -0.0000000448. The SMILES string of the molecule is C.CC(C)C.CCC(C)C.CCC(C)C.CCC(C)C.CCC(C)C. The highest BCUT2D eigenvalue weighted by atomic mass is 13.9. The van der Waals surface area contributed by atoms with Gasteiger partial charge in [-0.25, -0.2) is 0 Å². The maximum absolute atomic E-state index is 2.22. The Morgan fingerprint density at radius 3 is 0.400 bits per heavy atom. The summed E-state index contributed by atoms with van der Waals surface area (Å²) in [6, 6.07) is 0. The molecule has 0 radical (unpaired) electrons. The summed E-state index contributed by atoms with van der Waals surface area (Å²) in [6.07, 6.45) is 5.22. The molecule has 0 unspecified atom stereocenters. The van der Waals surface area contributed by atoms with Crippen molar-refractivity contribution in [3.05, 3.63) is 0 Å². The Morgan fingerprint density at radius 1 is 0.360 bits per heavy atom. The zero-order chi connectivity index (χ0) is 20.7. The van der Waals surface area contributed by atoms with Gasteiger partial charge in [0.25, 0.3) is 0 Å². The molecule has 0 fully saturated rings. The molecule has 0 atom stereocenters. The maximum Gasteiger partial charge on any atom is -0.0474 e. The molecule has 162 valence electrons. The number of rotatable bonds is 4. The average molecular weight is 363 g/mol. The summed E-state index contributed by atoms with van der Waals surface area (Å²) in [5.41, 5.74) is 0. The van der Waals surface area contributed by atoms with Gasteiger partial charge in [-0.05, 0) is 29.6 Å². The van der Waals surface area contributed by atoms with Crippen LogP contribution >= 0.6 is 0 Å². The van der Waals surface area contributed by atoms with Crippen LogP contribution in [0.1, 0.15) is 137 Å². The third-order valence-corrected chi connectivity index (χ3v) is 3.27. The van der Waals surface area contributed by atoms with Crippen molar-refractivity contribution in [2.24, 2.45) is 29.6 Å². The van der Waals surface area contributed by atoms with Crippen molar-refractivity contribution in [1.29, 1.82) is 0 Å². The Hall–Kier alpha value is 0. The summed E-state index contributed by atoms with van der Waals surface area (Å²) < 4.78 is 0. The lowest BCUT2D eigenvalue weighted by molar-refractivity contribution is 0.626. The van der Waals surface area contributed by atoms with Crippen LogP contribution in [0.2, 0.25) is 0 Å². The molecule has 25 heavy (non-hydrogen) atoms. The minimum Gasteiger partial charge on any atom is -0.0776 e. The van der Waals surface area contributed by atoms with Gasteiger partial charge in [-0.3, -0.25) is 0 Å². The first-order valence-corrected chi connectivity index (χ1v) is 10.8. The maximum atomic E-state index is 2.22. The molecule has 0 nitrogen and oxygen atoms in total. The van der Waals surface area contributed by atoms with Crippen LogP contribution in [0.4, 0.5) is 0 Å². The lowest BCUT2D eigenvalue weighted by Gasteiger charge is -1.90. The third-order valence-electron chi connectivity index (χ3n) is 3.27. The van der Waals surface area contributed by atoms with E-state index in [0.29, 0.717) is 0 Å². The second-order valence-corrected chi connectivity index (χ2v) is 8.94. The van der Waals surface area contributed by atoms with E-state index in [1.165, 1.54) is 25.7 Å². The van der Waals surface area contributed by atoms with Gasteiger partial charge in [0.1, 0.15) is 0 Å². The minimum atomic E-state index is 0. The standard InChI is InChI=1S/4C5H12.C4H10.CH4/c4*1-4-5(2)3;1-4(2)3;/h4*5H,4H2,1-3H3;4H,1-3H3;1H4. The molecule has 0 aromatic rings. The molecule has 0 aromatic carbocycles. The van der Waals surface area contributed by atoms with E-state index in [2.05, 4.69) is 104 Å². The van der Waals surface area contributed by atoms with Crippen LogP contribution in [0.25, 0.3) is 0 Å². The largest absolute Gasteiger partial charge is 0.0776 e. The molecule has 0 aliphatic heterocycles. The summed E-state index contributed by atoms with van der Waals surface area (Å²) in [6.45, 7) is 33.1. The quantitative estimate of drug-likeness (QED) is 0.466. The van der Waals surface area contributed by atoms with Gasteiger partial charge in [-0.2, -0.15) is 0 Å². The first-order chi connectivity index (χ1) is 10.8. The van der Waals surface area contributed by atoms with E-state index in [-0.39, 0.29) is 7.43 Å². The lowest BCUT2D eigenvalue weighted by Crippen LogP contribution is -1.77. The Morgan fingerprint density at radius 2 is 0.400 bits per heavy atom. The number of hydrogen-bond donors (Lipinski definition) is 0. The van der Waals surface area contributed by atoms with Crippen molar-refractivity contribution >= 4 is 0 Å².